The molecule has 1 aromatic carbocycles. The van der Waals surface area contributed by atoms with Gasteiger partial charge >= 0.3 is 6.03 Å². The predicted octanol–water partition coefficient (Wildman–Crippen LogP) is 2.23. The molecule has 0 aliphatic rings. The van der Waals surface area contributed by atoms with Crippen molar-refractivity contribution in [1.82, 2.24) is 5.32 Å². The van der Waals surface area contributed by atoms with Crippen LogP contribution in [0.15, 0.2) is 24.3 Å². The molecule has 1 aromatic rings. The Bertz CT molecular complexity index is 489. The van der Waals surface area contributed by atoms with Crippen LogP contribution in [0.25, 0.3) is 0 Å². The van der Waals surface area contributed by atoms with Gasteiger partial charge in [0.1, 0.15) is 12.4 Å². The third kappa shape index (κ3) is 6.68. The van der Waals surface area contributed by atoms with Crippen LogP contribution in [0, 0.1) is 17.8 Å². The summed E-state index contributed by atoms with van der Waals surface area (Å²) in [5.74, 6) is 3.04. The Morgan fingerprint density at radius 3 is 2.62 bits per heavy atom. The van der Waals surface area contributed by atoms with Crippen molar-refractivity contribution in [2.24, 2.45) is 5.41 Å². The van der Waals surface area contributed by atoms with Gasteiger partial charge in [-0.05, 0) is 36.1 Å². The van der Waals surface area contributed by atoms with Gasteiger partial charge in [0, 0.05) is 18.8 Å². The van der Waals surface area contributed by atoms with Crippen LogP contribution in [-0.2, 0) is 0 Å². The number of amides is 2. The third-order valence-electron chi connectivity index (χ3n) is 2.95. The SMILES string of the molecule is C#CCOc1ccc(NC(=O)NCC(C)(C)CCO)cc1. The summed E-state index contributed by atoms with van der Waals surface area (Å²) in [6.07, 6.45) is 5.74. The lowest BCUT2D eigenvalue weighted by Crippen LogP contribution is -2.37. The number of nitrogens with one attached hydrogen (secondary N) is 2. The molecule has 0 saturated heterocycles. The maximum absolute atomic E-state index is 11.8. The topological polar surface area (TPSA) is 70.6 Å². The molecule has 5 heteroatoms. The fourth-order valence-corrected chi connectivity index (χ4v) is 1.65. The molecule has 0 aliphatic carbocycles. The van der Waals surface area contributed by atoms with Crippen LogP contribution in [0.3, 0.4) is 0 Å². The van der Waals surface area contributed by atoms with Crippen molar-refractivity contribution < 1.29 is 14.6 Å². The maximum atomic E-state index is 11.8. The standard InChI is InChI=1S/C16H22N2O3/c1-4-11-21-14-7-5-13(6-8-14)18-15(20)17-12-16(2,3)9-10-19/h1,5-8,19H,9-12H2,2-3H3,(H2,17,18,20). The number of hydrogen-bond acceptors (Lipinski definition) is 3. The van der Waals surface area contributed by atoms with E-state index in [1.165, 1.54) is 0 Å². The molecule has 0 heterocycles. The van der Waals surface area contributed by atoms with Crippen LogP contribution < -0.4 is 15.4 Å². The largest absolute Gasteiger partial charge is 0.481 e. The van der Waals surface area contributed by atoms with Crippen LogP contribution in [0.1, 0.15) is 20.3 Å². The van der Waals surface area contributed by atoms with Gasteiger partial charge in [0.25, 0.3) is 0 Å². The van der Waals surface area contributed by atoms with Crippen molar-refractivity contribution >= 4 is 11.7 Å². The summed E-state index contributed by atoms with van der Waals surface area (Å²) in [4.78, 5) is 11.8. The van der Waals surface area contributed by atoms with Gasteiger partial charge < -0.3 is 20.5 Å². The van der Waals surface area contributed by atoms with Gasteiger partial charge in [0.2, 0.25) is 0 Å². The molecular formula is C16H22N2O3. The van der Waals surface area contributed by atoms with Crippen LogP contribution >= 0.6 is 0 Å². The molecule has 0 radical (unpaired) electrons. The Morgan fingerprint density at radius 2 is 2.05 bits per heavy atom. The van der Waals surface area contributed by atoms with Crippen molar-refractivity contribution in [2.45, 2.75) is 20.3 Å². The van der Waals surface area contributed by atoms with E-state index in [-0.39, 0.29) is 24.7 Å². The number of ether oxygens (including phenoxy) is 1. The van der Waals surface area contributed by atoms with E-state index in [1.807, 2.05) is 13.8 Å². The summed E-state index contributed by atoms with van der Waals surface area (Å²) in [6, 6.07) is 6.68. The average molecular weight is 290 g/mol. The Kier molecular flexibility index (Phi) is 6.57. The number of carbonyl (C=O) groups is 1. The van der Waals surface area contributed by atoms with Crippen molar-refractivity contribution in [1.29, 1.82) is 0 Å². The highest BCUT2D eigenvalue weighted by Crippen LogP contribution is 2.18. The summed E-state index contributed by atoms with van der Waals surface area (Å²) in [5.41, 5.74) is 0.527. The number of aliphatic hydroxyl groups excluding tert-OH is 1. The van der Waals surface area contributed by atoms with Crippen molar-refractivity contribution in [2.75, 3.05) is 25.1 Å². The zero-order valence-corrected chi connectivity index (χ0v) is 12.5. The van der Waals surface area contributed by atoms with Crippen LogP contribution in [-0.4, -0.2) is 30.9 Å². The van der Waals surface area contributed by atoms with E-state index in [0.29, 0.717) is 24.4 Å². The molecule has 0 unspecified atom stereocenters. The first-order chi connectivity index (χ1) is 9.96. The fraction of sp³-hybridized carbons (Fsp3) is 0.438. The second kappa shape index (κ2) is 8.18. The first kappa shape index (κ1) is 16.9. The average Bonchev–Trinajstić information content (AvgIpc) is 2.44. The number of aliphatic hydroxyl groups is 1. The van der Waals surface area contributed by atoms with Crippen molar-refractivity contribution in [3.05, 3.63) is 24.3 Å². The molecule has 0 spiro atoms. The summed E-state index contributed by atoms with van der Waals surface area (Å²) < 4.78 is 5.25. The summed E-state index contributed by atoms with van der Waals surface area (Å²) in [5, 5.41) is 14.5. The Hall–Kier alpha value is -2.19. The van der Waals surface area contributed by atoms with Crippen molar-refractivity contribution in [3.63, 3.8) is 0 Å². The summed E-state index contributed by atoms with van der Waals surface area (Å²) in [6.45, 7) is 4.79. The van der Waals surface area contributed by atoms with E-state index in [1.54, 1.807) is 24.3 Å². The van der Waals surface area contributed by atoms with Gasteiger partial charge in [0.15, 0.2) is 0 Å². The lowest BCUT2D eigenvalue weighted by atomic mass is 9.90. The quantitative estimate of drug-likeness (QED) is 0.674. The molecule has 0 aliphatic heterocycles. The number of urea groups is 1. The molecule has 0 bridgehead atoms. The predicted molar refractivity (Wildman–Crippen MR) is 83.3 cm³/mol. The molecule has 114 valence electrons. The number of terminal acetylenes is 1. The molecule has 21 heavy (non-hydrogen) atoms. The van der Waals surface area contributed by atoms with E-state index in [0.717, 1.165) is 0 Å². The molecule has 0 atom stereocenters. The molecule has 3 N–H and O–H groups in total. The molecule has 2 amide bonds. The Morgan fingerprint density at radius 1 is 1.38 bits per heavy atom. The highest BCUT2D eigenvalue weighted by atomic mass is 16.5. The first-order valence-corrected chi connectivity index (χ1v) is 6.79. The molecule has 0 fully saturated rings. The number of anilines is 1. The lowest BCUT2D eigenvalue weighted by Gasteiger charge is -2.23. The molecule has 0 aromatic heterocycles. The van der Waals surface area contributed by atoms with E-state index in [2.05, 4.69) is 16.6 Å². The van der Waals surface area contributed by atoms with Gasteiger partial charge in [-0.25, -0.2) is 4.79 Å². The first-order valence-electron chi connectivity index (χ1n) is 6.79. The minimum Gasteiger partial charge on any atom is -0.481 e. The normalized spacial score (nSPS) is 10.6. The molecule has 0 saturated carbocycles. The zero-order valence-electron chi connectivity index (χ0n) is 12.5. The van der Waals surface area contributed by atoms with Gasteiger partial charge in [0.05, 0.1) is 0 Å². The van der Waals surface area contributed by atoms with Gasteiger partial charge in [-0.3, -0.25) is 0 Å². The summed E-state index contributed by atoms with van der Waals surface area (Å²) in [7, 11) is 0. The Labute approximate surface area is 125 Å². The minimum absolute atomic E-state index is 0.107. The van der Waals surface area contributed by atoms with E-state index >= 15 is 0 Å². The van der Waals surface area contributed by atoms with Crippen LogP contribution in [0.5, 0.6) is 5.75 Å². The number of carbonyl (C=O) groups excluding carboxylic acids is 1. The number of hydrogen-bond donors (Lipinski definition) is 3. The smallest absolute Gasteiger partial charge is 0.319 e. The minimum atomic E-state index is -0.279. The zero-order chi connectivity index (χ0) is 15.7. The Balaban J connectivity index is 2.43. The fourth-order valence-electron chi connectivity index (χ4n) is 1.65. The molecule has 5 nitrogen and oxygen atoms in total. The third-order valence-corrected chi connectivity index (χ3v) is 2.95. The van der Waals surface area contributed by atoms with Gasteiger partial charge in [-0.15, -0.1) is 6.42 Å². The van der Waals surface area contributed by atoms with Crippen molar-refractivity contribution in [3.8, 4) is 18.1 Å². The molecular weight excluding hydrogens is 268 g/mol. The maximum Gasteiger partial charge on any atom is 0.319 e. The van der Waals surface area contributed by atoms with Crippen LogP contribution in [0.4, 0.5) is 10.5 Å². The van der Waals surface area contributed by atoms with Gasteiger partial charge in [-0.2, -0.15) is 0 Å². The lowest BCUT2D eigenvalue weighted by molar-refractivity contribution is 0.204. The monoisotopic (exact) mass is 290 g/mol. The van der Waals surface area contributed by atoms with Crippen LogP contribution in [0.2, 0.25) is 0 Å². The second-order valence-corrected chi connectivity index (χ2v) is 5.46. The number of rotatable bonds is 7. The van der Waals surface area contributed by atoms with E-state index < -0.39 is 0 Å². The second-order valence-electron chi connectivity index (χ2n) is 5.46. The van der Waals surface area contributed by atoms with E-state index in [9.17, 15) is 4.79 Å². The number of benzene rings is 1. The highest BCUT2D eigenvalue weighted by Gasteiger charge is 2.17. The van der Waals surface area contributed by atoms with E-state index in [4.69, 9.17) is 16.3 Å². The molecule has 1 rings (SSSR count). The van der Waals surface area contributed by atoms with Gasteiger partial charge in [-0.1, -0.05) is 19.8 Å². The summed E-state index contributed by atoms with van der Waals surface area (Å²) >= 11 is 0. The highest BCUT2D eigenvalue weighted by molar-refractivity contribution is 5.89.